The van der Waals surface area contributed by atoms with Gasteiger partial charge in [0.05, 0.1) is 17.9 Å². The zero-order valence-corrected chi connectivity index (χ0v) is 24.0. The third-order valence-electron chi connectivity index (χ3n) is 6.38. The molecule has 7 heteroatoms. The van der Waals surface area contributed by atoms with Crippen molar-refractivity contribution in [3.05, 3.63) is 24.3 Å². The highest BCUT2D eigenvalue weighted by molar-refractivity contribution is 7.85. The molecule has 0 aromatic carbocycles. The van der Waals surface area contributed by atoms with Crippen LogP contribution in [0.5, 0.6) is 0 Å². The fourth-order valence-electron chi connectivity index (χ4n) is 4.17. The first kappa shape index (κ1) is 34.8. The molecule has 2 atom stereocenters. The quantitative estimate of drug-likeness (QED) is 0.0654. The van der Waals surface area contributed by atoms with Crippen LogP contribution in [-0.2, 0) is 14.9 Å². The van der Waals surface area contributed by atoms with Gasteiger partial charge in [-0.15, -0.1) is 0 Å². The Hall–Kier alpha value is -1.18. The summed E-state index contributed by atoms with van der Waals surface area (Å²) in [5.74, 6) is -1.00. The van der Waals surface area contributed by atoms with E-state index >= 15 is 0 Å². The third-order valence-corrected chi connectivity index (χ3v) is 7.16. The number of carbonyl (C=O) groups excluding carboxylic acids is 1. The minimum atomic E-state index is -4.33. The monoisotopic (exact) mass is 529 g/mol. The van der Waals surface area contributed by atoms with E-state index in [0.717, 1.165) is 32.1 Å². The van der Waals surface area contributed by atoms with Crippen LogP contribution in [0, 0.1) is 0 Å². The van der Waals surface area contributed by atoms with Gasteiger partial charge in [-0.25, -0.2) is 0 Å². The first-order valence-corrected chi connectivity index (χ1v) is 16.1. The molecule has 0 aromatic rings. The molecule has 0 aromatic heterocycles. The van der Waals surface area contributed by atoms with E-state index in [2.05, 4.69) is 31.3 Å². The van der Waals surface area contributed by atoms with E-state index in [9.17, 15) is 22.9 Å². The second-order valence-electron chi connectivity index (χ2n) is 10.0. The molecule has 0 rings (SSSR count). The van der Waals surface area contributed by atoms with Crippen molar-refractivity contribution in [2.45, 2.75) is 148 Å². The summed E-state index contributed by atoms with van der Waals surface area (Å²) in [6.45, 7) is 4.43. The average Bonchev–Trinajstić information content (AvgIpc) is 2.82. The molecule has 6 nitrogen and oxygen atoms in total. The topological polar surface area (TPSA) is 104 Å². The molecule has 0 spiro atoms. The lowest BCUT2D eigenvalue weighted by Gasteiger charge is -2.21. The summed E-state index contributed by atoms with van der Waals surface area (Å²) in [7, 11) is -4.33. The van der Waals surface area contributed by atoms with Crippen LogP contribution in [0.25, 0.3) is 0 Å². The normalized spacial score (nSPS) is 14.0. The van der Waals surface area contributed by atoms with Gasteiger partial charge in [-0.2, -0.15) is 8.42 Å². The summed E-state index contributed by atoms with van der Waals surface area (Å²) in [5, 5.41) is 13.0. The largest absolute Gasteiger partial charge is 0.387 e. The maximum absolute atomic E-state index is 12.3. The van der Waals surface area contributed by atoms with Crippen LogP contribution in [0.15, 0.2) is 24.3 Å². The Bertz CT molecular complexity index is 675. The predicted molar refractivity (Wildman–Crippen MR) is 152 cm³/mol. The van der Waals surface area contributed by atoms with Crippen molar-refractivity contribution in [1.29, 1.82) is 0 Å². The van der Waals surface area contributed by atoms with E-state index in [4.69, 9.17) is 0 Å². The van der Waals surface area contributed by atoms with E-state index in [-0.39, 0.29) is 12.3 Å². The number of amides is 1. The van der Waals surface area contributed by atoms with Crippen LogP contribution in [-0.4, -0.2) is 41.9 Å². The Labute approximate surface area is 222 Å². The number of unbranched alkanes of at least 4 members (excludes halogenated alkanes) is 15. The van der Waals surface area contributed by atoms with Gasteiger partial charge in [-0.3, -0.25) is 9.35 Å². The van der Waals surface area contributed by atoms with Gasteiger partial charge in [0, 0.05) is 6.42 Å². The fourth-order valence-corrected chi connectivity index (χ4v) is 4.90. The highest BCUT2D eigenvalue weighted by Crippen LogP contribution is 2.12. The minimum Gasteiger partial charge on any atom is -0.387 e. The predicted octanol–water partition coefficient (Wildman–Crippen LogP) is 7.28. The molecule has 1 amide bonds. The first-order chi connectivity index (χ1) is 17.3. The molecule has 0 radical (unpaired) electrons. The number of allylic oxidation sites excluding steroid dienone is 3. The highest BCUT2D eigenvalue weighted by Gasteiger charge is 2.24. The zero-order valence-electron chi connectivity index (χ0n) is 23.1. The summed E-state index contributed by atoms with van der Waals surface area (Å²) < 4.78 is 32.0. The van der Waals surface area contributed by atoms with Crippen molar-refractivity contribution in [3.63, 3.8) is 0 Å². The van der Waals surface area contributed by atoms with Gasteiger partial charge in [-0.05, 0) is 32.1 Å². The van der Waals surface area contributed by atoms with Crippen LogP contribution < -0.4 is 5.32 Å². The number of aliphatic hydroxyl groups is 1. The lowest BCUT2D eigenvalue weighted by molar-refractivity contribution is -0.122. The van der Waals surface area contributed by atoms with Gasteiger partial charge in [0.15, 0.2) is 0 Å². The molecular formula is C29H55NO5S. The number of carbonyl (C=O) groups is 1. The highest BCUT2D eigenvalue weighted by atomic mass is 32.2. The zero-order chi connectivity index (χ0) is 26.9. The molecule has 0 aliphatic rings. The lowest BCUT2D eigenvalue weighted by atomic mass is 10.1. The molecule has 3 N–H and O–H groups in total. The van der Waals surface area contributed by atoms with Crippen molar-refractivity contribution < 1.29 is 22.9 Å². The molecule has 36 heavy (non-hydrogen) atoms. The van der Waals surface area contributed by atoms with E-state index in [0.29, 0.717) is 6.42 Å². The lowest BCUT2D eigenvalue weighted by Crippen LogP contribution is -2.46. The molecule has 0 saturated heterocycles. The van der Waals surface area contributed by atoms with Crippen LogP contribution in [0.1, 0.15) is 136 Å². The minimum absolute atomic E-state index is 0.290. The first-order valence-electron chi connectivity index (χ1n) is 14.5. The molecule has 212 valence electrons. The van der Waals surface area contributed by atoms with Gasteiger partial charge < -0.3 is 10.4 Å². The van der Waals surface area contributed by atoms with Crippen LogP contribution in [0.4, 0.5) is 0 Å². The maximum atomic E-state index is 12.3. The molecular weight excluding hydrogens is 474 g/mol. The van der Waals surface area contributed by atoms with Gasteiger partial charge in [0.1, 0.15) is 0 Å². The van der Waals surface area contributed by atoms with Crippen molar-refractivity contribution in [1.82, 2.24) is 5.32 Å². The smallest absolute Gasteiger partial charge is 0.267 e. The Morgan fingerprint density at radius 1 is 0.722 bits per heavy atom. The standard InChI is InChI=1S/C29H55NO5S/c1-3-5-7-9-11-13-15-16-18-20-22-24-28(31)27(26-36(33,34)35)30-29(32)25-23-21-19-17-14-12-10-8-6-4-2/h15-16,22,24,27-28,31H,3-14,17-21,23,25-26H2,1-2H3,(H,30,32)(H,33,34,35)/b16-15+,24-22+. The maximum Gasteiger partial charge on any atom is 0.267 e. The molecule has 0 fully saturated rings. The van der Waals surface area contributed by atoms with Crippen molar-refractivity contribution >= 4 is 16.0 Å². The third kappa shape index (κ3) is 24.5. The summed E-state index contributed by atoms with van der Waals surface area (Å²) >= 11 is 0. The summed E-state index contributed by atoms with van der Waals surface area (Å²) in [4.78, 5) is 12.3. The van der Waals surface area contributed by atoms with E-state index < -0.39 is 28.0 Å². The molecule has 0 bridgehead atoms. The van der Waals surface area contributed by atoms with Crippen molar-refractivity contribution in [2.24, 2.45) is 0 Å². The average molecular weight is 530 g/mol. The SMILES string of the molecule is CCCCCCC/C=C/CC/C=C/C(O)C(CS(=O)(=O)O)NC(=O)CCCCCCCCCCCC. The molecule has 0 saturated carbocycles. The Morgan fingerprint density at radius 2 is 1.19 bits per heavy atom. The molecule has 2 unspecified atom stereocenters. The Morgan fingerprint density at radius 3 is 1.75 bits per heavy atom. The van der Waals surface area contributed by atoms with Gasteiger partial charge in [-0.1, -0.05) is 122 Å². The number of rotatable bonds is 25. The number of hydrogen-bond donors (Lipinski definition) is 3. The fraction of sp³-hybridized carbons (Fsp3) is 0.828. The van der Waals surface area contributed by atoms with E-state index in [1.54, 1.807) is 6.08 Å². The van der Waals surface area contributed by atoms with E-state index in [1.807, 2.05) is 0 Å². The summed E-state index contributed by atoms with van der Waals surface area (Å²) in [5.41, 5.74) is 0. The van der Waals surface area contributed by atoms with Crippen molar-refractivity contribution in [3.8, 4) is 0 Å². The Kier molecular flexibility index (Phi) is 23.4. The second-order valence-corrected chi connectivity index (χ2v) is 11.5. The van der Waals surface area contributed by atoms with Gasteiger partial charge in [0.2, 0.25) is 5.91 Å². The summed E-state index contributed by atoms with van der Waals surface area (Å²) in [6, 6.07) is -1.06. The molecule has 0 heterocycles. The number of nitrogens with one attached hydrogen (secondary N) is 1. The van der Waals surface area contributed by atoms with Crippen LogP contribution in [0.3, 0.4) is 0 Å². The van der Waals surface area contributed by atoms with Gasteiger partial charge in [0.25, 0.3) is 10.1 Å². The molecule has 0 aliphatic heterocycles. The molecule has 0 aliphatic carbocycles. The number of aliphatic hydroxyl groups excluding tert-OH is 1. The van der Waals surface area contributed by atoms with Crippen LogP contribution in [0.2, 0.25) is 0 Å². The van der Waals surface area contributed by atoms with Gasteiger partial charge >= 0.3 is 0 Å². The Balaban J connectivity index is 4.20. The van der Waals surface area contributed by atoms with Crippen LogP contribution >= 0.6 is 0 Å². The second kappa shape index (κ2) is 24.2. The number of hydrogen-bond acceptors (Lipinski definition) is 4. The van der Waals surface area contributed by atoms with Crippen molar-refractivity contribution in [2.75, 3.05) is 5.75 Å². The van der Waals surface area contributed by atoms with E-state index in [1.165, 1.54) is 83.1 Å². The summed E-state index contributed by atoms with van der Waals surface area (Å²) in [6.07, 6.45) is 27.4.